The molecular weight excluding hydrogens is 508 g/mol. The molecule has 1 aromatic rings. The highest BCUT2D eigenvalue weighted by Crippen LogP contribution is 2.55. The van der Waals surface area contributed by atoms with Crippen molar-refractivity contribution < 1.29 is 23.9 Å². The van der Waals surface area contributed by atoms with Crippen molar-refractivity contribution in [2.24, 2.45) is 17.8 Å². The maximum Gasteiger partial charge on any atom is 0.246 e. The first kappa shape index (κ1) is 27.4. The Morgan fingerprint density at radius 2 is 1.90 bits per heavy atom. The van der Waals surface area contributed by atoms with Gasteiger partial charge in [-0.1, -0.05) is 44.1 Å². The lowest BCUT2D eigenvalue weighted by Crippen LogP contribution is -2.57. The number of rotatable bonds is 8. The zero-order chi connectivity index (χ0) is 27.9. The van der Waals surface area contributed by atoms with Crippen LogP contribution in [-0.4, -0.2) is 90.7 Å². The minimum Gasteiger partial charge on any atom is -0.379 e. The Kier molecular flexibility index (Phi) is 7.72. The first-order chi connectivity index (χ1) is 19.4. The molecule has 40 heavy (non-hydrogen) atoms. The molecule has 3 saturated heterocycles. The third-order valence-corrected chi connectivity index (χ3v) is 9.63. The number of amides is 3. The van der Waals surface area contributed by atoms with E-state index in [0.717, 1.165) is 64.1 Å². The largest absolute Gasteiger partial charge is 0.379 e. The summed E-state index contributed by atoms with van der Waals surface area (Å²) in [5.74, 6) is -1.58. The van der Waals surface area contributed by atoms with Crippen molar-refractivity contribution in [3.05, 3.63) is 42.0 Å². The highest BCUT2D eigenvalue weighted by atomic mass is 16.5. The summed E-state index contributed by atoms with van der Waals surface area (Å²) < 4.78 is 12.0. The predicted molar refractivity (Wildman–Crippen MR) is 150 cm³/mol. The molecule has 0 radical (unpaired) electrons. The summed E-state index contributed by atoms with van der Waals surface area (Å²) in [6, 6.07) is 6.92. The van der Waals surface area contributed by atoms with Gasteiger partial charge in [0.25, 0.3) is 0 Å². The Bertz CT molecular complexity index is 1170. The Balaban J connectivity index is 1.25. The van der Waals surface area contributed by atoms with E-state index in [4.69, 9.17) is 9.47 Å². The number of fused-ring (bicyclic) bond motifs is 1. The molecule has 4 fully saturated rings. The molecule has 4 heterocycles. The molecule has 1 saturated carbocycles. The fourth-order valence-electron chi connectivity index (χ4n) is 7.54. The summed E-state index contributed by atoms with van der Waals surface area (Å²) in [5, 5.41) is 6.32. The maximum atomic E-state index is 14.2. The second kappa shape index (κ2) is 11.3. The van der Waals surface area contributed by atoms with Crippen LogP contribution in [0.5, 0.6) is 0 Å². The van der Waals surface area contributed by atoms with Gasteiger partial charge in [0.1, 0.15) is 11.6 Å². The van der Waals surface area contributed by atoms with Crippen LogP contribution in [0.3, 0.4) is 0 Å². The number of morpholine rings is 1. The Labute approximate surface area is 236 Å². The van der Waals surface area contributed by atoms with Crippen LogP contribution in [0.2, 0.25) is 0 Å². The smallest absolute Gasteiger partial charge is 0.246 e. The fourth-order valence-corrected chi connectivity index (χ4v) is 7.54. The second-order valence-corrected chi connectivity index (χ2v) is 12.3. The van der Waals surface area contributed by atoms with Crippen molar-refractivity contribution in [3.8, 4) is 0 Å². The summed E-state index contributed by atoms with van der Waals surface area (Å²) in [5.41, 5.74) is 0.603. The van der Waals surface area contributed by atoms with Crippen LogP contribution in [0, 0.1) is 24.7 Å². The van der Waals surface area contributed by atoms with Gasteiger partial charge in [-0.25, -0.2) is 0 Å². The number of aryl methyl sites for hydroxylation is 1. The molecule has 2 N–H and O–H groups in total. The fraction of sp³-hybridized carbons (Fsp3) is 0.645. The van der Waals surface area contributed by atoms with Gasteiger partial charge in [-0.15, -0.1) is 0 Å². The van der Waals surface area contributed by atoms with Gasteiger partial charge in [0.05, 0.1) is 31.2 Å². The summed E-state index contributed by atoms with van der Waals surface area (Å²) in [4.78, 5) is 45.9. The van der Waals surface area contributed by atoms with Crippen molar-refractivity contribution in [2.45, 2.75) is 69.7 Å². The zero-order valence-electron chi connectivity index (χ0n) is 23.6. The quantitative estimate of drug-likeness (QED) is 0.483. The summed E-state index contributed by atoms with van der Waals surface area (Å²) >= 11 is 0. The molecule has 6 rings (SSSR count). The Morgan fingerprint density at radius 1 is 1.10 bits per heavy atom. The molecule has 216 valence electrons. The van der Waals surface area contributed by atoms with Crippen molar-refractivity contribution in [1.82, 2.24) is 15.1 Å². The maximum absolute atomic E-state index is 14.2. The van der Waals surface area contributed by atoms with Crippen LogP contribution in [0.1, 0.15) is 44.6 Å². The molecule has 1 aliphatic carbocycles. The SMILES string of the molecule is Cc1cccc(NC(=O)[C@@H]2[C@@H]3C=C[C@]4(O3)[C@@H]2C(=O)N(CCCN2CCOCC2)[C@H]4C(=O)N[C@@H]2CCCC[C@H]2C)c1. The van der Waals surface area contributed by atoms with Gasteiger partial charge in [0.2, 0.25) is 17.7 Å². The van der Waals surface area contributed by atoms with E-state index >= 15 is 0 Å². The van der Waals surface area contributed by atoms with Crippen molar-refractivity contribution in [3.63, 3.8) is 0 Å². The number of carbonyl (C=O) groups is 3. The molecule has 1 aromatic carbocycles. The van der Waals surface area contributed by atoms with Crippen LogP contribution >= 0.6 is 0 Å². The number of benzene rings is 1. The summed E-state index contributed by atoms with van der Waals surface area (Å²) in [7, 11) is 0. The van der Waals surface area contributed by atoms with Gasteiger partial charge in [-0.05, 0) is 49.8 Å². The standard InChI is InChI=1S/C31H42N4O5/c1-20-7-5-9-22(19-20)32-28(36)25-24-11-12-31(40-24)26(25)30(38)35(14-6-13-34-15-17-39-18-16-34)27(31)29(37)33-23-10-4-3-8-21(23)2/h5,7,9,11-12,19,21,23-27H,3-4,6,8,10,13-18H2,1-2H3,(H,32,36)(H,33,37)/t21-,23-,24+,25-,26+,27+,31+/m1/s1. The minimum atomic E-state index is -1.13. The van der Waals surface area contributed by atoms with E-state index in [0.29, 0.717) is 18.2 Å². The average Bonchev–Trinajstić information content (AvgIpc) is 3.58. The molecular formula is C31H42N4O5. The first-order valence-corrected chi connectivity index (χ1v) is 15.0. The van der Waals surface area contributed by atoms with Crippen molar-refractivity contribution in [1.29, 1.82) is 0 Å². The normalized spacial score (nSPS) is 35.1. The first-order valence-electron chi connectivity index (χ1n) is 15.0. The zero-order valence-corrected chi connectivity index (χ0v) is 23.6. The summed E-state index contributed by atoms with van der Waals surface area (Å²) in [6.45, 7) is 8.62. The molecule has 2 bridgehead atoms. The van der Waals surface area contributed by atoms with Crippen LogP contribution in [-0.2, 0) is 23.9 Å². The molecule has 0 unspecified atom stereocenters. The lowest BCUT2D eigenvalue weighted by Gasteiger charge is -2.36. The third-order valence-electron chi connectivity index (χ3n) is 9.63. The number of carbonyl (C=O) groups excluding carboxylic acids is 3. The third kappa shape index (κ3) is 4.97. The lowest BCUT2D eigenvalue weighted by molar-refractivity contribution is -0.141. The topological polar surface area (TPSA) is 100 Å². The molecule has 9 nitrogen and oxygen atoms in total. The van der Waals surface area contributed by atoms with Gasteiger partial charge in [0.15, 0.2) is 0 Å². The highest BCUT2D eigenvalue weighted by Gasteiger charge is 2.72. The molecule has 4 aliphatic heterocycles. The predicted octanol–water partition coefficient (Wildman–Crippen LogP) is 2.50. The number of nitrogens with one attached hydrogen (secondary N) is 2. The monoisotopic (exact) mass is 550 g/mol. The van der Waals surface area contributed by atoms with E-state index in [9.17, 15) is 14.4 Å². The number of ether oxygens (including phenoxy) is 2. The van der Waals surface area contributed by atoms with Crippen LogP contribution in [0.15, 0.2) is 36.4 Å². The van der Waals surface area contributed by atoms with Crippen molar-refractivity contribution in [2.75, 3.05) is 44.7 Å². The van der Waals surface area contributed by atoms with E-state index in [1.807, 2.05) is 43.3 Å². The van der Waals surface area contributed by atoms with Crippen LogP contribution in [0.25, 0.3) is 0 Å². The molecule has 0 aromatic heterocycles. The molecule has 7 atom stereocenters. The highest BCUT2D eigenvalue weighted by molar-refractivity contribution is 6.02. The van der Waals surface area contributed by atoms with Crippen LogP contribution in [0.4, 0.5) is 5.69 Å². The second-order valence-electron chi connectivity index (χ2n) is 12.3. The van der Waals surface area contributed by atoms with E-state index in [2.05, 4.69) is 22.5 Å². The van der Waals surface area contributed by atoms with Gasteiger partial charge < -0.3 is 25.0 Å². The van der Waals surface area contributed by atoms with Gasteiger partial charge in [-0.3, -0.25) is 19.3 Å². The van der Waals surface area contributed by atoms with Gasteiger partial charge in [0, 0.05) is 37.9 Å². The molecule has 5 aliphatic rings. The van der Waals surface area contributed by atoms with Crippen molar-refractivity contribution >= 4 is 23.4 Å². The van der Waals surface area contributed by atoms with Gasteiger partial charge >= 0.3 is 0 Å². The average molecular weight is 551 g/mol. The number of nitrogens with zero attached hydrogens (tertiary/aromatic N) is 2. The number of hydrogen-bond donors (Lipinski definition) is 2. The van der Waals surface area contributed by atoms with E-state index in [-0.39, 0.29) is 23.8 Å². The summed E-state index contributed by atoms with van der Waals surface area (Å²) in [6.07, 6.45) is 8.30. The number of hydrogen-bond acceptors (Lipinski definition) is 6. The van der Waals surface area contributed by atoms with Gasteiger partial charge in [-0.2, -0.15) is 0 Å². The van der Waals surface area contributed by atoms with Crippen LogP contribution < -0.4 is 10.6 Å². The Hall–Kier alpha value is -2.75. The van der Waals surface area contributed by atoms with E-state index in [1.165, 1.54) is 6.42 Å². The molecule has 3 amide bonds. The lowest BCUT2D eigenvalue weighted by atomic mass is 9.74. The number of anilines is 1. The molecule has 9 heteroatoms. The Morgan fingerprint density at radius 3 is 2.67 bits per heavy atom. The van der Waals surface area contributed by atoms with E-state index in [1.54, 1.807) is 4.90 Å². The number of likely N-dealkylation sites (tertiary alicyclic amines) is 1. The minimum absolute atomic E-state index is 0.0880. The van der Waals surface area contributed by atoms with E-state index < -0.39 is 29.6 Å². The molecule has 1 spiro atoms.